The second-order valence-electron chi connectivity index (χ2n) is 3.16. The molecule has 1 saturated heterocycles. The van der Waals surface area contributed by atoms with Gasteiger partial charge in [-0.05, 0) is 12.1 Å². The van der Waals surface area contributed by atoms with Crippen LogP contribution in [0.4, 0.5) is 16.2 Å². The van der Waals surface area contributed by atoms with Crippen LogP contribution in [0.15, 0.2) is 24.3 Å². The number of nitro groups is 1. The number of nitrogens with one attached hydrogen (secondary N) is 1. The Hall–Kier alpha value is -2.44. The topological polar surface area (TPSA) is 92.6 Å². The molecule has 0 aliphatic carbocycles. The number of non-ortho nitro benzene ring substituents is 1. The van der Waals surface area contributed by atoms with Gasteiger partial charge < -0.3 is 5.32 Å². The van der Waals surface area contributed by atoms with E-state index in [9.17, 15) is 19.7 Å². The van der Waals surface area contributed by atoms with Crippen LogP contribution in [0, 0.1) is 10.1 Å². The lowest BCUT2D eigenvalue weighted by molar-refractivity contribution is -0.384. The van der Waals surface area contributed by atoms with Crippen LogP contribution < -0.4 is 10.2 Å². The van der Waals surface area contributed by atoms with E-state index in [1.54, 1.807) is 0 Å². The lowest BCUT2D eigenvalue weighted by Crippen LogP contribution is -2.30. The highest BCUT2D eigenvalue weighted by Gasteiger charge is 2.29. The number of carbonyl (C=O) groups excluding carboxylic acids is 2. The molecule has 1 aliphatic heterocycles. The average Bonchev–Trinajstić information content (AvgIpc) is 2.59. The number of hydrogen-bond donors (Lipinski definition) is 1. The third-order valence-corrected chi connectivity index (χ3v) is 2.16. The van der Waals surface area contributed by atoms with E-state index in [0.29, 0.717) is 5.69 Å². The van der Waals surface area contributed by atoms with Crippen LogP contribution in [0.3, 0.4) is 0 Å². The number of anilines is 1. The van der Waals surface area contributed by atoms with Crippen LogP contribution in [0.2, 0.25) is 0 Å². The Morgan fingerprint density at radius 2 is 1.88 bits per heavy atom. The molecule has 82 valence electrons. The second kappa shape index (κ2) is 3.61. The minimum Gasteiger partial charge on any atom is -0.328 e. The molecule has 1 aliphatic rings. The number of urea groups is 1. The zero-order valence-corrected chi connectivity index (χ0v) is 8.04. The van der Waals surface area contributed by atoms with Gasteiger partial charge in [-0.25, -0.2) is 9.69 Å². The molecule has 1 aromatic carbocycles. The van der Waals surface area contributed by atoms with Gasteiger partial charge in [0.25, 0.3) is 11.6 Å². The molecule has 1 aromatic rings. The first-order chi connectivity index (χ1) is 7.59. The Morgan fingerprint density at radius 1 is 1.25 bits per heavy atom. The molecule has 16 heavy (non-hydrogen) atoms. The van der Waals surface area contributed by atoms with Crippen molar-refractivity contribution in [1.82, 2.24) is 5.32 Å². The van der Waals surface area contributed by atoms with Crippen LogP contribution in [-0.2, 0) is 4.79 Å². The van der Waals surface area contributed by atoms with Gasteiger partial charge in [-0.2, -0.15) is 0 Å². The van der Waals surface area contributed by atoms with Gasteiger partial charge in [0.1, 0.15) is 0 Å². The van der Waals surface area contributed by atoms with Crippen molar-refractivity contribution in [2.45, 2.75) is 0 Å². The molecule has 0 spiro atoms. The molecular weight excluding hydrogens is 214 g/mol. The predicted octanol–water partition coefficient (Wildman–Crippen LogP) is 0.651. The van der Waals surface area contributed by atoms with Crippen molar-refractivity contribution in [1.29, 1.82) is 0 Å². The van der Waals surface area contributed by atoms with Crippen LogP contribution in [0.5, 0.6) is 0 Å². The van der Waals surface area contributed by atoms with Gasteiger partial charge in [-0.1, -0.05) is 0 Å². The second-order valence-corrected chi connectivity index (χ2v) is 3.16. The fourth-order valence-corrected chi connectivity index (χ4v) is 1.41. The third kappa shape index (κ3) is 1.58. The number of imide groups is 1. The number of hydrogen-bond acceptors (Lipinski definition) is 4. The third-order valence-electron chi connectivity index (χ3n) is 2.16. The monoisotopic (exact) mass is 221 g/mol. The normalized spacial score (nSPS) is 15.1. The molecule has 1 N–H and O–H groups in total. The van der Waals surface area contributed by atoms with E-state index >= 15 is 0 Å². The molecule has 0 saturated carbocycles. The quantitative estimate of drug-likeness (QED) is 0.450. The van der Waals surface area contributed by atoms with Crippen molar-refractivity contribution in [3.63, 3.8) is 0 Å². The van der Waals surface area contributed by atoms with Crippen LogP contribution >= 0.6 is 0 Å². The summed E-state index contributed by atoms with van der Waals surface area (Å²) in [5, 5.41) is 12.8. The fraction of sp³-hybridized carbons (Fsp3) is 0.111. The first-order valence-electron chi connectivity index (χ1n) is 4.45. The van der Waals surface area contributed by atoms with Gasteiger partial charge in [0.2, 0.25) is 0 Å². The van der Waals surface area contributed by atoms with E-state index in [2.05, 4.69) is 5.32 Å². The summed E-state index contributed by atoms with van der Waals surface area (Å²) < 4.78 is 0. The van der Waals surface area contributed by atoms with E-state index in [1.165, 1.54) is 24.3 Å². The zero-order valence-electron chi connectivity index (χ0n) is 8.04. The molecule has 7 nitrogen and oxygen atoms in total. The van der Waals surface area contributed by atoms with E-state index < -0.39 is 11.0 Å². The highest BCUT2D eigenvalue weighted by molar-refractivity contribution is 6.19. The summed E-state index contributed by atoms with van der Waals surface area (Å²) in [4.78, 5) is 33.4. The van der Waals surface area contributed by atoms with Crippen LogP contribution in [0.25, 0.3) is 0 Å². The summed E-state index contributed by atoms with van der Waals surface area (Å²) in [7, 11) is 0. The van der Waals surface area contributed by atoms with Crippen molar-refractivity contribution in [3.05, 3.63) is 34.4 Å². The molecule has 1 fully saturated rings. The van der Waals surface area contributed by atoms with Gasteiger partial charge in [-0.15, -0.1) is 0 Å². The van der Waals surface area contributed by atoms with Gasteiger partial charge in [0.15, 0.2) is 0 Å². The Labute approximate surface area is 89.8 Å². The number of benzene rings is 1. The maximum atomic E-state index is 11.3. The smallest absolute Gasteiger partial charge is 0.328 e. The maximum Gasteiger partial charge on any atom is 0.329 e. The van der Waals surface area contributed by atoms with Crippen LogP contribution in [-0.4, -0.2) is 23.4 Å². The first kappa shape index (κ1) is 10.1. The lowest BCUT2D eigenvalue weighted by Gasteiger charge is -2.11. The summed E-state index contributed by atoms with van der Waals surface area (Å²) in [5.41, 5.74) is 0.237. The predicted molar refractivity (Wildman–Crippen MR) is 54.0 cm³/mol. The van der Waals surface area contributed by atoms with Crippen molar-refractivity contribution in [3.8, 4) is 0 Å². The van der Waals surface area contributed by atoms with Crippen molar-refractivity contribution >= 4 is 23.3 Å². The summed E-state index contributed by atoms with van der Waals surface area (Å²) in [5.74, 6) is -0.376. The summed E-state index contributed by atoms with van der Waals surface area (Å²) in [6.45, 7) is -0.0458. The van der Waals surface area contributed by atoms with Crippen molar-refractivity contribution in [2.75, 3.05) is 11.4 Å². The average molecular weight is 221 g/mol. The van der Waals surface area contributed by atoms with Crippen LogP contribution in [0.1, 0.15) is 0 Å². The minimum atomic E-state index is -0.546. The molecule has 0 unspecified atom stereocenters. The van der Waals surface area contributed by atoms with Crippen molar-refractivity contribution < 1.29 is 14.5 Å². The van der Waals surface area contributed by atoms with Gasteiger partial charge >= 0.3 is 6.03 Å². The number of rotatable bonds is 2. The van der Waals surface area contributed by atoms with E-state index in [4.69, 9.17) is 0 Å². The minimum absolute atomic E-state index is 0.0458. The standard InChI is InChI=1S/C9H7N3O4/c13-8-5-10-9(14)11(8)6-1-3-7(4-2-6)12(15)16/h1-4H,5H2,(H,10,14). The molecule has 0 aromatic heterocycles. The molecule has 0 bridgehead atoms. The molecule has 0 radical (unpaired) electrons. The van der Waals surface area contributed by atoms with E-state index in [1.807, 2.05) is 0 Å². The van der Waals surface area contributed by atoms with E-state index in [-0.39, 0.29) is 18.1 Å². The zero-order chi connectivity index (χ0) is 11.7. The Kier molecular flexibility index (Phi) is 2.28. The Bertz CT molecular complexity index is 452. The highest BCUT2D eigenvalue weighted by atomic mass is 16.6. The summed E-state index contributed by atoms with van der Waals surface area (Å²) >= 11 is 0. The first-order valence-corrected chi connectivity index (χ1v) is 4.45. The Balaban J connectivity index is 2.31. The lowest BCUT2D eigenvalue weighted by atomic mass is 10.2. The number of carbonyl (C=O) groups is 2. The molecule has 7 heteroatoms. The largest absolute Gasteiger partial charge is 0.329 e. The molecule has 3 amide bonds. The number of amides is 3. The fourth-order valence-electron chi connectivity index (χ4n) is 1.41. The van der Waals surface area contributed by atoms with Gasteiger partial charge in [0, 0.05) is 12.1 Å². The maximum absolute atomic E-state index is 11.3. The molecule has 1 heterocycles. The van der Waals surface area contributed by atoms with E-state index in [0.717, 1.165) is 4.90 Å². The van der Waals surface area contributed by atoms with Crippen molar-refractivity contribution in [2.24, 2.45) is 0 Å². The summed E-state index contributed by atoms with van der Waals surface area (Å²) in [6.07, 6.45) is 0. The molecular formula is C9H7N3O4. The molecule has 0 atom stereocenters. The van der Waals surface area contributed by atoms with Gasteiger partial charge in [-0.3, -0.25) is 14.9 Å². The summed E-state index contributed by atoms with van der Waals surface area (Å²) in [6, 6.07) is 4.70. The SMILES string of the molecule is O=C1CNC(=O)N1c1ccc([N+](=O)[O-])cc1. The number of nitro benzene ring substituents is 1. The Morgan fingerprint density at radius 3 is 2.31 bits per heavy atom. The van der Waals surface area contributed by atoms with Gasteiger partial charge in [0.05, 0.1) is 17.2 Å². The highest BCUT2D eigenvalue weighted by Crippen LogP contribution is 2.20. The number of nitrogens with zero attached hydrogens (tertiary/aromatic N) is 2. The molecule has 2 rings (SSSR count).